The average molecular weight is 273 g/mol. The van der Waals surface area contributed by atoms with Crippen molar-refractivity contribution in [3.05, 3.63) is 29.3 Å². The summed E-state index contributed by atoms with van der Waals surface area (Å²) in [6.45, 7) is 5.44. The lowest BCUT2D eigenvalue weighted by Crippen LogP contribution is -2.57. The average Bonchev–Trinajstić information content (AvgIpc) is 2.48. The summed E-state index contributed by atoms with van der Waals surface area (Å²) in [4.78, 5) is 15.0. The van der Waals surface area contributed by atoms with E-state index in [-0.39, 0.29) is 5.91 Å². The fraction of sp³-hybridized carbons (Fsp3) is 0.562. The Hall–Kier alpha value is -1.55. The highest BCUT2D eigenvalue weighted by molar-refractivity contribution is 5.99. The molecule has 4 nitrogen and oxygen atoms in total. The molecule has 1 aromatic rings. The number of anilines is 1. The first-order valence-electron chi connectivity index (χ1n) is 7.49. The zero-order chi connectivity index (χ0) is 14.1. The first-order valence-corrected chi connectivity index (χ1v) is 7.49. The van der Waals surface area contributed by atoms with Crippen molar-refractivity contribution in [3.63, 3.8) is 0 Å². The summed E-state index contributed by atoms with van der Waals surface area (Å²) in [5.41, 5.74) is 2.81. The molecule has 4 rings (SSSR count). The molecule has 2 N–H and O–H groups in total. The molecule has 3 fully saturated rings. The third-order valence-corrected chi connectivity index (χ3v) is 4.66. The fourth-order valence-electron chi connectivity index (χ4n) is 3.44. The Morgan fingerprint density at radius 3 is 2.65 bits per heavy atom. The number of hydrogen-bond acceptors (Lipinski definition) is 3. The molecule has 1 amide bonds. The van der Waals surface area contributed by atoms with Crippen LogP contribution < -0.4 is 10.6 Å². The van der Waals surface area contributed by atoms with E-state index in [1.165, 1.54) is 25.9 Å². The molecule has 1 unspecified atom stereocenters. The van der Waals surface area contributed by atoms with Crippen LogP contribution in [-0.4, -0.2) is 43.5 Å². The Morgan fingerprint density at radius 1 is 1.30 bits per heavy atom. The summed E-state index contributed by atoms with van der Waals surface area (Å²) < 4.78 is 0. The molecule has 2 bridgehead atoms. The van der Waals surface area contributed by atoms with Gasteiger partial charge in [0, 0.05) is 25.3 Å². The lowest BCUT2D eigenvalue weighted by molar-refractivity contribution is 0.0621. The van der Waals surface area contributed by atoms with Crippen LogP contribution in [0.2, 0.25) is 0 Å². The molecule has 3 saturated heterocycles. The zero-order valence-corrected chi connectivity index (χ0v) is 12.3. The molecule has 108 valence electrons. The number of amides is 1. The number of carbonyl (C=O) groups is 1. The number of piperidine rings is 3. The third kappa shape index (κ3) is 2.52. The van der Waals surface area contributed by atoms with Crippen molar-refractivity contribution < 1.29 is 4.79 Å². The molecule has 1 aromatic carbocycles. The van der Waals surface area contributed by atoms with E-state index < -0.39 is 0 Å². The van der Waals surface area contributed by atoms with Crippen molar-refractivity contribution in [1.82, 2.24) is 10.2 Å². The van der Waals surface area contributed by atoms with E-state index in [1.807, 2.05) is 32.2 Å². The lowest BCUT2D eigenvalue weighted by Gasteiger charge is -2.45. The van der Waals surface area contributed by atoms with E-state index in [0.29, 0.717) is 12.0 Å². The van der Waals surface area contributed by atoms with Gasteiger partial charge >= 0.3 is 0 Å². The summed E-state index contributed by atoms with van der Waals surface area (Å²) >= 11 is 0. The maximum atomic E-state index is 12.5. The third-order valence-electron chi connectivity index (χ3n) is 4.66. The number of rotatable bonds is 3. The Bertz CT molecular complexity index is 506. The van der Waals surface area contributed by atoms with Gasteiger partial charge in [0.1, 0.15) is 0 Å². The summed E-state index contributed by atoms with van der Waals surface area (Å²) in [6.07, 6.45) is 2.44. The molecule has 0 spiro atoms. The van der Waals surface area contributed by atoms with E-state index in [4.69, 9.17) is 0 Å². The number of hydrogen-bond donors (Lipinski definition) is 2. The molecular formula is C16H23N3O. The van der Waals surface area contributed by atoms with Crippen LogP contribution in [0.4, 0.5) is 5.69 Å². The molecule has 1 atom stereocenters. The second kappa shape index (κ2) is 5.44. The number of carbonyl (C=O) groups excluding carboxylic acids is 1. The normalized spacial score (nSPS) is 28.2. The molecule has 0 aliphatic carbocycles. The van der Waals surface area contributed by atoms with Gasteiger partial charge in [-0.2, -0.15) is 0 Å². The number of nitrogens with one attached hydrogen (secondary N) is 2. The first-order chi connectivity index (χ1) is 9.67. The van der Waals surface area contributed by atoms with Gasteiger partial charge in [-0.3, -0.25) is 4.79 Å². The first kappa shape index (κ1) is 13.4. The van der Waals surface area contributed by atoms with E-state index in [1.54, 1.807) is 0 Å². The Kier molecular flexibility index (Phi) is 3.66. The summed E-state index contributed by atoms with van der Waals surface area (Å²) in [5, 5.41) is 6.36. The molecular weight excluding hydrogens is 250 g/mol. The van der Waals surface area contributed by atoms with E-state index in [0.717, 1.165) is 23.4 Å². The monoisotopic (exact) mass is 273 g/mol. The van der Waals surface area contributed by atoms with E-state index in [9.17, 15) is 4.79 Å². The molecule has 4 heteroatoms. The highest BCUT2D eigenvalue weighted by atomic mass is 16.1. The summed E-state index contributed by atoms with van der Waals surface area (Å²) in [5.74, 6) is 0.709. The van der Waals surface area contributed by atoms with Gasteiger partial charge in [0.25, 0.3) is 5.91 Å². The fourth-order valence-corrected chi connectivity index (χ4v) is 3.44. The Labute approximate surface area is 120 Å². The minimum atomic E-state index is 0.0492. The number of benzene rings is 1. The maximum Gasteiger partial charge on any atom is 0.253 e. The molecule has 20 heavy (non-hydrogen) atoms. The van der Waals surface area contributed by atoms with E-state index >= 15 is 0 Å². The predicted octanol–water partition coefficient (Wildman–Crippen LogP) is 1.86. The zero-order valence-electron chi connectivity index (χ0n) is 12.3. The Morgan fingerprint density at radius 2 is 2.05 bits per heavy atom. The van der Waals surface area contributed by atoms with Gasteiger partial charge in [0.2, 0.25) is 0 Å². The van der Waals surface area contributed by atoms with Gasteiger partial charge in [-0.05, 0) is 56.5 Å². The number of fused-ring (bicyclic) bond motifs is 3. The molecule has 3 heterocycles. The van der Waals surface area contributed by atoms with Crippen molar-refractivity contribution in [2.45, 2.75) is 25.8 Å². The van der Waals surface area contributed by atoms with Gasteiger partial charge < -0.3 is 15.5 Å². The van der Waals surface area contributed by atoms with Crippen molar-refractivity contribution in [3.8, 4) is 0 Å². The van der Waals surface area contributed by atoms with Crippen molar-refractivity contribution >= 4 is 11.6 Å². The van der Waals surface area contributed by atoms with Crippen LogP contribution in [0.25, 0.3) is 0 Å². The number of nitrogens with zero attached hydrogens (tertiary/aromatic N) is 1. The summed E-state index contributed by atoms with van der Waals surface area (Å²) in [6, 6.07) is 6.24. The minimum absolute atomic E-state index is 0.0492. The Balaban J connectivity index is 1.73. The van der Waals surface area contributed by atoms with Crippen molar-refractivity contribution in [2.24, 2.45) is 5.92 Å². The van der Waals surface area contributed by atoms with Crippen LogP contribution in [-0.2, 0) is 0 Å². The predicted molar refractivity (Wildman–Crippen MR) is 81.1 cm³/mol. The molecule has 0 radical (unpaired) electrons. The van der Waals surface area contributed by atoms with Crippen LogP contribution in [0.1, 0.15) is 28.8 Å². The molecule has 3 aliphatic heterocycles. The second-order valence-corrected chi connectivity index (χ2v) is 6.02. The maximum absolute atomic E-state index is 12.5. The molecule has 0 aromatic heterocycles. The van der Waals surface area contributed by atoms with Crippen LogP contribution >= 0.6 is 0 Å². The van der Waals surface area contributed by atoms with Crippen LogP contribution in [0.3, 0.4) is 0 Å². The van der Waals surface area contributed by atoms with Crippen molar-refractivity contribution in [2.75, 3.05) is 32.0 Å². The van der Waals surface area contributed by atoms with Crippen LogP contribution in [0.5, 0.6) is 0 Å². The minimum Gasteiger partial charge on any atom is -0.387 e. The van der Waals surface area contributed by atoms with Crippen LogP contribution in [0.15, 0.2) is 18.2 Å². The summed E-state index contributed by atoms with van der Waals surface area (Å²) in [7, 11) is 1.86. The highest BCUT2D eigenvalue weighted by Gasteiger charge is 2.35. The standard InChI is InChI=1S/C16H23N3O/c1-11-3-4-13(14(9-11)17-2)16(20)18-15-10-19-7-5-12(15)6-8-19/h3-4,9,12,15,17H,5-8,10H2,1-2H3,(H,18,20). The van der Waals surface area contributed by atoms with Gasteiger partial charge in [-0.15, -0.1) is 0 Å². The molecule has 3 aliphatic rings. The number of aryl methyl sites for hydroxylation is 1. The van der Waals surface area contributed by atoms with Gasteiger partial charge in [0.05, 0.1) is 5.56 Å². The topological polar surface area (TPSA) is 44.4 Å². The SMILES string of the molecule is CNc1cc(C)ccc1C(=O)NC1CN2CCC1CC2. The smallest absolute Gasteiger partial charge is 0.253 e. The highest BCUT2D eigenvalue weighted by Crippen LogP contribution is 2.28. The van der Waals surface area contributed by atoms with Crippen LogP contribution in [0, 0.1) is 12.8 Å². The van der Waals surface area contributed by atoms with Gasteiger partial charge in [0.15, 0.2) is 0 Å². The molecule has 0 saturated carbocycles. The lowest BCUT2D eigenvalue weighted by atomic mass is 9.84. The van der Waals surface area contributed by atoms with E-state index in [2.05, 4.69) is 15.5 Å². The van der Waals surface area contributed by atoms with Gasteiger partial charge in [-0.1, -0.05) is 6.07 Å². The second-order valence-electron chi connectivity index (χ2n) is 6.02. The van der Waals surface area contributed by atoms with Gasteiger partial charge in [-0.25, -0.2) is 0 Å². The van der Waals surface area contributed by atoms with Crippen molar-refractivity contribution in [1.29, 1.82) is 0 Å². The quantitative estimate of drug-likeness (QED) is 0.883. The largest absolute Gasteiger partial charge is 0.387 e.